The highest BCUT2D eigenvalue weighted by Crippen LogP contribution is 2.34. The Kier molecular flexibility index (Phi) is 5.63. The molecule has 2 heterocycles. The summed E-state index contributed by atoms with van der Waals surface area (Å²) in [5, 5.41) is 10.7. The topological polar surface area (TPSA) is 69.6 Å². The number of benzene rings is 1. The van der Waals surface area contributed by atoms with Crippen molar-refractivity contribution in [2.24, 2.45) is 0 Å². The molecule has 2 aromatic rings. The highest BCUT2D eigenvalue weighted by Gasteiger charge is 2.26. The van der Waals surface area contributed by atoms with Crippen molar-refractivity contribution in [1.29, 1.82) is 0 Å². The van der Waals surface area contributed by atoms with Crippen LogP contribution in [0.1, 0.15) is 61.0 Å². The van der Waals surface area contributed by atoms with Crippen molar-refractivity contribution < 1.29 is 9.90 Å². The van der Waals surface area contributed by atoms with Gasteiger partial charge < -0.3 is 14.9 Å². The predicted molar refractivity (Wildman–Crippen MR) is 106 cm³/mol. The van der Waals surface area contributed by atoms with E-state index in [9.17, 15) is 9.90 Å². The van der Waals surface area contributed by atoms with Crippen LogP contribution in [0.4, 0.5) is 5.82 Å². The van der Waals surface area contributed by atoms with Gasteiger partial charge in [0.05, 0.1) is 11.8 Å². The summed E-state index contributed by atoms with van der Waals surface area (Å²) in [4.78, 5) is 25.5. The average Bonchev–Trinajstić information content (AvgIpc) is 2.68. The van der Waals surface area contributed by atoms with Gasteiger partial charge in [-0.1, -0.05) is 33.8 Å². The number of phenolic OH excluding ortho intramolecular Hbond substituents is 1. The van der Waals surface area contributed by atoms with E-state index in [4.69, 9.17) is 0 Å². The number of carbonyl (C=O) groups excluding carboxylic acids is 1. The fourth-order valence-corrected chi connectivity index (χ4v) is 3.38. The van der Waals surface area contributed by atoms with E-state index in [1.165, 1.54) is 0 Å². The normalized spacial score (nSPS) is 14.9. The highest BCUT2D eigenvalue weighted by molar-refractivity contribution is 5.97. The molecule has 1 amide bonds. The minimum absolute atomic E-state index is 0.101. The molecule has 3 rings (SSSR count). The van der Waals surface area contributed by atoms with Gasteiger partial charge in [-0.25, -0.2) is 4.98 Å². The Labute approximate surface area is 160 Å². The molecule has 27 heavy (non-hydrogen) atoms. The van der Waals surface area contributed by atoms with Gasteiger partial charge in [0.1, 0.15) is 11.6 Å². The van der Waals surface area contributed by atoms with Crippen LogP contribution in [-0.4, -0.2) is 52.1 Å². The largest absolute Gasteiger partial charge is 0.507 e. The summed E-state index contributed by atoms with van der Waals surface area (Å²) in [5.74, 6) is 1.30. The van der Waals surface area contributed by atoms with E-state index in [0.717, 1.165) is 16.9 Å². The number of aromatic nitrogens is 2. The van der Waals surface area contributed by atoms with Crippen LogP contribution in [0.25, 0.3) is 0 Å². The molecule has 0 saturated carbocycles. The first-order chi connectivity index (χ1) is 12.9. The lowest BCUT2D eigenvalue weighted by Gasteiger charge is -2.35. The van der Waals surface area contributed by atoms with E-state index >= 15 is 0 Å². The Balaban J connectivity index is 1.80. The first-order valence-corrected chi connectivity index (χ1v) is 9.55. The second-order valence-electron chi connectivity index (χ2n) is 7.66. The number of carbonyl (C=O) groups is 1. The molecule has 1 aromatic carbocycles. The summed E-state index contributed by atoms with van der Waals surface area (Å²) in [6.45, 7) is 10.9. The Morgan fingerprint density at radius 1 is 1.04 bits per heavy atom. The van der Waals surface area contributed by atoms with Crippen LogP contribution < -0.4 is 4.90 Å². The summed E-state index contributed by atoms with van der Waals surface area (Å²) in [7, 11) is 0. The van der Waals surface area contributed by atoms with Crippen LogP contribution in [-0.2, 0) is 0 Å². The average molecular weight is 368 g/mol. The Hall–Kier alpha value is -2.63. The van der Waals surface area contributed by atoms with Gasteiger partial charge in [0.2, 0.25) is 0 Å². The number of nitrogens with zero attached hydrogens (tertiary/aromatic N) is 4. The Bertz CT molecular complexity index is 797. The number of amides is 1. The zero-order chi connectivity index (χ0) is 19.6. The molecule has 0 atom stereocenters. The predicted octanol–water partition coefficient (Wildman–Crippen LogP) is 3.39. The van der Waals surface area contributed by atoms with Crippen molar-refractivity contribution in [3.8, 4) is 5.75 Å². The molecule has 0 spiro atoms. The van der Waals surface area contributed by atoms with Crippen LogP contribution >= 0.6 is 0 Å². The summed E-state index contributed by atoms with van der Waals surface area (Å²) < 4.78 is 0. The lowest BCUT2D eigenvalue weighted by atomic mass is 9.91. The lowest BCUT2D eigenvalue weighted by molar-refractivity contribution is 0.0743. The van der Waals surface area contributed by atoms with Gasteiger partial charge in [0.15, 0.2) is 0 Å². The van der Waals surface area contributed by atoms with Crippen LogP contribution in [0.15, 0.2) is 30.7 Å². The van der Waals surface area contributed by atoms with E-state index in [0.29, 0.717) is 37.7 Å². The molecule has 0 radical (unpaired) electrons. The number of rotatable bonds is 4. The minimum atomic E-state index is -0.101. The maximum absolute atomic E-state index is 13.1. The Morgan fingerprint density at radius 2 is 1.74 bits per heavy atom. The third-order valence-corrected chi connectivity index (χ3v) is 5.12. The molecule has 1 fully saturated rings. The van der Waals surface area contributed by atoms with E-state index in [2.05, 4.69) is 28.7 Å². The van der Waals surface area contributed by atoms with Crippen molar-refractivity contribution in [2.75, 3.05) is 31.1 Å². The third kappa shape index (κ3) is 4.04. The van der Waals surface area contributed by atoms with Gasteiger partial charge in [0.25, 0.3) is 5.91 Å². The van der Waals surface area contributed by atoms with Gasteiger partial charge in [-0.3, -0.25) is 9.78 Å². The molecule has 1 aliphatic rings. The first kappa shape index (κ1) is 19.1. The maximum Gasteiger partial charge on any atom is 0.257 e. The molecule has 1 aliphatic heterocycles. The summed E-state index contributed by atoms with van der Waals surface area (Å²) in [5.41, 5.74) is 2.33. The minimum Gasteiger partial charge on any atom is -0.507 e. The van der Waals surface area contributed by atoms with Gasteiger partial charge in [-0.05, 0) is 29.0 Å². The van der Waals surface area contributed by atoms with Gasteiger partial charge in [-0.2, -0.15) is 0 Å². The number of phenols is 1. The molecule has 144 valence electrons. The van der Waals surface area contributed by atoms with Crippen molar-refractivity contribution in [1.82, 2.24) is 14.9 Å². The molecule has 0 unspecified atom stereocenters. The smallest absolute Gasteiger partial charge is 0.257 e. The number of anilines is 1. The van der Waals surface area contributed by atoms with Gasteiger partial charge in [0, 0.05) is 38.6 Å². The van der Waals surface area contributed by atoms with Gasteiger partial charge >= 0.3 is 0 Å². The Morgan fingerprint density at radius 3 is 2.30 bits per heavy atom. The zero-order valence-electron chi connectivity index (χ0n) is 16.5. The molecule has 1 aromatic heterocycles. The number of piperazine rings is 1. The molecule has 6 heteroatoms. The highest BCUT2D eigenvalue weighted by atomic mass is 16.3. The van der Waals surface area contributed by atoms with Gasteiger partial charge in [-0.15, -0.1) is 0 Å². The molecule has 0 aliphatic carbocycles. The van der Waals surface area contributed by atoms with Crippen molar-refractivity contribution in [2.45, 2.75) is 39.5 Å². The fraction of sp³-hybridized carbons (Fsp3) is 0.476. The monoisotopic (exact) mass is 368 g/mol. The van der Waals surface area contributed by atoms with E-state index in [1.54, 1.807) is 18.6 Å². The lowest BCUT2D eigenvalue weighted by Crippen LogP contribution is -2.49. The van der Waals surface area contributed by atoms with Crippen LogP contribution in [0, 0.1) is 0 Å². The zero-order valence-corrected chi connectivity index (χ0v) is 16.5. The third-order valence-electron chi connectivity index (χ3n) is 5.12. The second-order valence-corrected chi connectivity index (χ2v) is 7.66. The van der Waals surface area contributed by atoms with E-state index in [-0.39, 0.29) is 17.6 Å². The van der Waals surface area contributed by atoms with Crippen LogP contribution in [0.2, 0.25) is 0 Å². The first-order valence-electron chi connectivity index (χ1n) is 9.55. The molecular formula is C21H28N4O2. The van der Waals surface area contributed by atoms with Crippen molar-refractivity contribution >= 4 is 11.7 Å². The van der Waals surface area contributed by atoms with Crippen LogP contribution in [0.3, 0.4) is 0 Å². The standard InChI is InChI=1S/C21H28N4O2/c1-14(2)16-11-17(15(3)4)20(26)18(12-16)21(27)25-9-7-24(8-10-25)19-13-22-5-6-23-19/h5-6,11-15,26H,7-10H2,1-4H3. The number of hydrogen-bond acceptors (Lipinski definition) is 5. The van der Waals surface area contributed by atoms with Crippen molar-refractivity contribution in [3.05, 3.63) is 47.4 Å². The van der Waals surface area contributed by atoms with E-state index in [1.807, 2.05) is 30.9 Å². The molecule has 6 nitrogen and oxygen atoms in total. The fourth-order valence-electron chi connectivity index (χ4n) is 3.38. The number of aromatic hydroxyl groups is 1. The summed E-state index contributed by atoms with van der Waals surface area (Å²) >= 11 is 0. The van der Waals surface area contributed by atoms with E-state index < -0.39 is 0 Å². The maximum atomic E-state index is 13.1. The number of hydrogen-bond donors (Lipinski definition) is 1. The van der Waals surface area contributed by atoms with Crippen molar-refractivity contribution in [3.63, 3.8) is 0 Å². The molecule has 1 N–H and O–H groups in total. The molecule has 1 saturated heterocycles. The second kappa shape index (κ2) is 7.94. The quantitative estimate of drug-likeness (QED) is 0.896. The molecule has 0 bridgehead atoms. The SMILES string of the molecule is CC(C)c1cc(C(=O)N2CCN(c3cnccn3)CC2)c(O)c(C(C)C)c1. The molecular weight excluding hydrogens is 340 g/mol. The van der Waals surface area contributed by atoms with Crippen LogP contribution in [0.5, 0.6) is 5.75 Å². The summed E-state index contributed by atoms with van der Waals surface area (Å²) in [6.07, 6.45) is 5.07. The summed E-state index contributed by atoms with van der Waals surface area (Å²) in [6, 6.07) is 3.87.